The number of nitrogens with zero attached hydrogens (tertiary/aromatic N) is 1. The molecule has 0 aliphatic heterocycles. The van der Waals surface area contributed by atoms with Gasteiger partial charge in [-0.3, -0.25) is 14.7 Å². The maximum atomic E-state index is 11.9. The summed E-state index contributed by atoms with van der Waals surface area (Å²) in [7, 11) is 0. The van der Waals surface area contributed by atoms with Crippen LogP contribution in [0, 0.1) is 0 Å². The predicted octanol–water partition coefficient (Wildman–Crippen LogP) is 1.62. The maximum Gasteiger partial charge on any atom is 0.227 e. The highest BCUT2D eigenvalue weighted by Crippen LogP contribution is 2.11. The fraction of sp³-hybridized carbons (Fsp3) is 0.182. The van der Waals surface area contributed by atoms with E-state index in [1.165, 1.54) is 17.4 Å². The standard InChI is InChI=1S/C11H10N2O2S/c1-2-7-6-8(14)10(13-12-7)11(15)9-4-3-5-16-9/h3-6H,2H2,1H3,(H,12,14). The minimum atomic E-state index is -0.325. The van der Waals surface area contributed by atoms with Crippen LogP contribution in [-0.4, -0.2) is 16.0 Å². The summed E-state index contributed by atoms with van der Waals surface area (Å²) in [6, 6.07) is 4.88. The van der Waals surface area contributed by atoms with Crippen LogP contribution in [-0.2, 0) is 6.42 Å². The zero-order valence-corrected chi connectivity index (χ0v) is 9.50. The number of H-pyrrole nitrogens is 1. The average Bonchev–Trinajstić information content (AvgIpc) is 2.81. The van der Waals surface area contributed by atoms with Gasteiger partial charge in [-0.1, -0.05) is 13.0 Å². The van der Waals surface area contributed by atoms with Crippen molar-refractivity contribution in [2.45, 2.75) is 13.3 Å². The van der Waals surface area contributed by atoms with Gasteiger partial charge in [0, 0.05) is 11.8 Å². The molecule has 2 rings (SSSR count). The van der Waals surface area contributed by atoms with E-state index in [0.29, 0.717) is 11.3 Å². The second-order valence-electron chi connectivity index (χ2n) is 3.27. The summed E-state index contributed by atoms with van der Waals surface area (Å²) in [5.41, 5.74) is 0.362. The number of aromatic amines is 1. The molecule has 0 aromatic carbocycles. The lowest BCUT2D eigenvalue weighted by atomic mass is 10.2. The van der Waals surface area contributed by atoms with Gasteiger partial charge in [0.15, 0.2) is 5.69 Å². The van der Waals surface area contributed by atoms with E-state index in [4.69, 9.17) is 0 Å². The Morgan fingerprint density at radius 3 is 2.94 bits per heavy atom. The first-order chi connectivity index (χ1) is 7.72. The molecule has 0 atom stereocenters. The largest absolute Gasteiger partial charge is 0.287 e. The van der Waals surface area contributed by atoms with Crippen LogP contribution in [0.4, 0.5) is 0 Å². The minimum absolute atomic E-state index is 0.0420. The van der Waals surface area contributed by atoms with Crippen LogP contribution in [0.5, 0.6) is 0 Å². The van der Waals surface area contributed by atoms with E-state index in [-0.39, 0.29) is 16.9 Å². The average molecular weight is 234 g/mol. The number of nitrogens with one attached hydrogen (secondary N) is 1. The van der Waals surface area contributed by atoms with Crippen LogP contribution in [0.3, 0.4) is 0 Å². The minimum Gasteiger partial charge on any atom is -0.287 e. The van der Waals surface area contributed by atoms with E-state index in [1.807, 2.05) is 6.92 Å². The van der Waals surface area contributed by atoms with Crippen molar-refractivity contribution >= 4 is 17.1 Å². The van der Waals surface area contributed by atoms with Gasteiger partial charge in [-0.05, 0) is 17.9 Å². The van der Waals surface area contributed by atoms with Gasteiger partial charge in [0.05, 0.1) is 4.88 Å². The topological polar surface area (TPSA) is 62.8 Å². The Hall–Kier alpha value is -1.75. The molecule has 16 heavy (non-hydrogen) atoms. The summed E-state index contributed by atoms with van der Waals surface area (Å²) < 4.78 is 0. The van der Waals surface area contributed by atoms with Crippen molar-refractivity contribution in [1.29, 1.82) is 0 Å². The third kappa shape index (κ3) is 1.94. The molecule has 0 aliphatic carbocycles. The molecule has 0 saturated heterocycles. The normalized spacial score (nSPS) is 10.3. The third-order valence-corrected chi connectivity index (χ3v) is 3.06. The van der Waals surface area contributed by atoms with E-state index < -0.39 is 0 Å². The first-order valence-electron chi connectivity index (χ1n) is 4.89. The molecule has 0 bridgehead atoms. The van der Waals surface area contributed by atoms with Crippen molar-refractivity contribution in [3.63, 3.8) is 0 Å². The van der Waals surface area contributed by atoms with Crippen molar-refractivity contribution in [2.75, 3.05) is 0 Å². The van der Waals surface area contributed by atoms with Gasteiger partial charge in [-0.25, -0.2) is 0 Å². The highest BCUT2D eigenvalue weighted by Gasteiger charge is 2.15. The van der Waals surface area contributed by atoms with Crippen LogP contribution in [0.2, 0.25) is 0 Å². The molecule has 0 aliphatic rings. The lowest BCUT2D eigenvalue weighted by Gasteiger charge is -1.98. The number of thiophene rings is 1. The summed E-state index contributed by atoms with van der Waals surface area (Å²) in [6.45, 7) is 1.91. The summed E-state index contributed by atoms with van der Waals surface area (Å²) >= 11 is 1.30. The van der Waals surface area contributed by atoms with Crippen molar-refractivity contribution in [1.82, 2.24) is 10.2 Å². The molecule has 5 heteroatoms. The number of aryl methyl sites for hydroxylation is 1. The predicted molar refractivity (Wildman–Crippen MR) is 62.0 cm³/mol. The zero-order chi connectivity index (χ0) is 11.5. The molecule has 0 unspecified atom stereocenters. The molecule has 4 nitrogen and oxygen atoms in total. The molecular weight excluding hydrogens is 224 g/mol. The number of aromatic nitrogens is 2. The molecule has 0 saturated carbocycles. The zero-order valence-electron chi connectivity index (χ0n) is 8.69. The van der Waals surface area contributed by atoms with Gasteiger partial charge in [-0.15, -0.1) is 11.3 Å². The molecule has 0 radical (unpaired) electrons. The molecule has 0 amide bonds. The van der Waals surface area contributed by atoms with Gasteiger partial charge in [0.1, 0.15) is 0 Å². The number of hydrogen-bond acceptors (Lipinski definition) is 4. The summed E-state index contributed by atoms with van der Waals surface area (Å²) in [5.74, 6) is -0.320. The van der Waals surface area contributed by atoms with Crippen molar-refractivity contribution in [3.05, 3.63) is 50.1 Å². The van der Waals surface area contributed by atoms with E-state index in [9.17, 15) is 9.59 Å². The van der Waals surface area contributed by atoms with Crippen LogP contribution >= 0.6 is 11.3 Å². The van der Waals surface area contributed by atoms with Crippen LogP contribution in [0.15, 0.2) is 28.4 Å². The monoisotopic (exact) mass is 234 g/mol. The number of ketones is 1. The smallest absolute Gasteiger partial charge is 0.227 e. The molecule has 2 aromatic rings. The molecule has 2 aromatic heterocycles. The number of hydrogen-bond donors (Lipinski definition) is 1. The van der Waals surface area contributed by atoms with Crippen molar-refractivity contribution in [2.24, 2.45) is 0 Å². The molecule has 0 spiro atoms. The highest BCUT2D eigenvalue weighted by molar-refractivity contribution is 7.12. The Bertz CT molecular complexity index is 558. The number of carbonyl (C=O) groups excluding carboxylic acids is 1. The maximum absolute atomic E-state index is 11.9. The van der Waals surface area contributed by atoms with E-state index in [1.54, 1.807) is 17.5 Å². The fourth-order valence-electron chi connectivity index (χ4n) is 1.31. The Morgan fingerprint density at radius 1 is 1.56 bits per heavy atom. The van der Waals surface area contributed by atoms with Crippen molar-refractivity contribution < 1.29 is 4.79 Å². The van der Waals surface area contributed by atoms with Gasteiger partial charge < -0.3 is 0 Å². The van der Waals surface area contributed by atoms with Crippen LogP contribution < -0.4 is 5.43 Å². The fourth-order valence-corrected chi connectivity index (χ4v) is 1.97. The lowest BCUT2D eigenvalue weighted by molar-refractivity contribution is 0.103. The Labute approximate surface area is 96.0 Å². The first kappa shape index (κ1) is 10.8. The third-order valence-electron chi connectivity index (χ3n) is 2.19. The molecule has 0 fully saturated rings. The lowest BCUT2D eigenvalue weighted by Crippen LogP contribution is -2.19. The SMILES string of the molecule is CCc1cc(=O)c(C(=O)c2cccs2)n[nH]1. The Morgan fingerprint density at radius 2 is 2.38 bits per heavy atom. The second kappa shape index (κ2) is 4.40. The first-order valence-corrected chi connectivity index (χ1v) is 5.77. The molecule has 82 valence electrons. The molecular formula is C11H10N2O2S. The Balaban J connectivity index is 2.42. The second-order valence-corrected chi connectivity index (χ2v) is 4.21. The van der Waals surface area contributed by atoms with Crippen LogP contribution in [0.1, 0.15) is 28.0 Å². The Kier molecular flexibility index (Phi) is 2.96. The summed E-state index contributed by atoms with van der Waals surface area (Å²) in [5, 5.41) is 8.32. The van der Waals surface area contributed by atoms with E-state index >= 15 is 0 Å². The molecule has 2 heterocycles. The van der Waals surface area contributed by atoms with E-state index in [0.717, 1.165) is 5.69 Å². The number of rotatable bonds is 3. The highest BCUT2D eigenvalue weighted by atomic mass is 32.1. The van der Waals surface area contributed by atoms with Crippen LogP contribution in [0.25, 0.3) is 0 Å². The summed E-state index contributed by atoms with van der Waals surface area (Å²) in [4.78, 5) is 24.0. The van der Waals surface area contributed by atoms with Gasteiger partial charge in [-0.2, -0.15) is 5.10 Å². The summed E-state index contributed by atoms with van der Waals surface area (Å²) in [6.07, 6.45) is 0.690. The van der Waals surface area contributed by atoms with Crippen molar-refractivity contribution in [3.8, 4) is 0 Å². The molecule has 1 N–H and O–H groups in total. The van der Waals surface area contributed by atoms with Gasteiger partial charge >= 0.3 is 0 Å². The van der Waals surface area contributed by atoms with Gasteiger partial charge in [0.2, 0.25) is 11.2 Å². The number of carbonyl (C=O) groups is 1. The van der Waals surface area contributed by atoms with E-state index in [2.05, 4.69) is 10.2 Å². The van der Waals surface area contributed by atoms with Gasteiger partial charge in [0.25, 0.3) is 0 Å². The quantitative estimate of drug-likeness (QED) is 0.821.